The minimum absolute atomic E-state index is 0.0232. The monoisotopic (exact) mass is 392 g/mol. The number of carbonyl (C=O) groups excluding carboxylic acids is 1. The normalized spacial score (nSPS) is 16.3. The Labute approximate surface area is 161 Å². The molecule has 27 heavy (non-hydrogen) atoms. The Bertz CT molecular complexity index is 858. The number of piperazine rings is 1. The highest BCUT2D eigenvalue weighted by molar-refractivity contribution is 6.30. The molecule has 1 aromatic heterocycles. The summed E-state index contributed by atoms with van der Waals surface area (Å²) >= 11 is 5.93. The molecule has 2 heterocycles. The van der Waals surface area contributed by atoms with Gasteiger partial charge in [0.1, 0.15) is 11.7 Å². The molecule has 1 fully saturated rings. The minimum atomic E-state index is -0.562. The molecule has 0 bridgehead atoms. The number of amides is 1. The average Bonchev–Trinajstić information content (AvgIpc) is 2.91. The zero-order valence-corrected chi connectivity index (χ0v) is 15.9. The highest BCUT2D eigenvalue weighted by Gasteiger charge is 2.33. The number of aryl methyl sites for hydroxylation is 2. The van der Waals surface area contributed by atoms with Gasteiger partial charge in [-0.05, 0) is 24.6 Å². The molecular weight excluding hydrogens is 372 g/mol. The van der Waals surface area contributed by atoms with Crippen LogP contribution in [-0.2, 0) is 11.8 Å². The third kappa shape index (κ3) is 3.74. The predicted octanol–water partition coefficient (Wildman–Crippen LogP) is 1.64. The first-order chi connectivity index (χ1) is 12.8. The molecule has 2 N–H and O–H groups in total. The van der Waals surface area contributed by atoms with Gasteiger partial charge in [0.2, 0.25) is 11.7 Å². The van der Waals surface area contributed by atoms with Gasteiger partial charge in [0.25, 0.3) is 0 Å². The number of benzene rings is 1. The molecule has 0 radical (unpaired) electrons. The third-order valence-electron chi connectivity index (χ3n) is 4.78. The maximum Gasteiger partial charge on any atom is 0.333 e. The SMILES string of the molecule is Cc1nn(C)c(N2CCN([C@H](C(N)=O)c3ccc(Cl)cc3)CC2)c1[N+](=O)[O-]. The lowest BCUT2D eigenvalue weighted by Gasteiger charge is -2.38. The molecule has 0 spiro atoms. The van der Waals surface area contributed by atoms with Gasteiger partial charge >= 0.3 is 5.69 Å². The lowest BCUT2D eigenvalue weighted by atomic mass is 10.0. The van der Waals surface area contributed by atoms with E-state index in [1.54, 1.807) is 38.2 Å². The average molecular weight is 393 g/mol. The lowest BCUT2D eigenvalue weighted by molar-refractivity contribution is -0.384. The topological polar surface area (TPSA) is 111 Å². The van der Waals surface area contributed by atoms with Crippen LogP contribution in [0.1, 0.15) is 17.3 Å². The molecule has 144 valence electrons. The van der Waals surface area contributed by atoms with Gasteiger partial charge in [0.05, 0.1) is 4.92 Å². The number of aromatic nitrogens is 2. The molecule has 0 unspecified atom stereocenters. The van der Waals surface area contributed by atoms with Crippen LogP contribution < -0.4 is 10.6 Å². The van der Waals surface area contributed by atoms with Gasteiger partial charge in [-0.15, -0.1) is 0 Å². The van der Waals surface area contributed by atoms with Crippen molar-refractivity contribution >= 4 is 29.0 Å². The fraction of sp³-hybridized carbons (Fsp3) is 0.412. The van der Waals surface area contributed by atoms with Crippen molar-refractivity contribution in [3.63, 3.8) is 0 Å². The van der Waals surface area contributed by atoms with E-state index in [1.807, 2.05) is 9.80 Å². The largest absolute Gasteiger partial charge is 0.368 e. The number of hydrogen-bond acceptors (Lipinski definition) is 6. The van der Waals surface area contributed by atoms with Crippen molar-refractivity contribution in [3.8, 4) is 0 Å². The molecule has 1 aliphatic rings. The van der Waals surface area contributed by atoms with Crippen molar-refractivity contribution in [2.24, 2.45) is 12.8 Å². The maximum absolute atomic E-state index is 12.1. The summed E-state index contributed by atoms with van der Waals surface area (Å²) in [7, 11) is 1.70. The second-order valence-electron chi connectivity index (χ2n) is 6.52. The first-order valence-corrected chi connectivity index (χ1v) is 8.89. The lowest BCUT2D eigenvalue weighted by Crippen LogP contribution is -2.50. The van der Waals surface area contributed by atoms with Gasteiger partial charge < -0.3 is 10.6 Å². The summed E-state index contributed by atoms with van der Waals surface area (Å²) in [4.78, 5) is 27.0. The molecule has 1 atom stereocenters. The molecule has 1 saturated heterocycles. The number of anilines is 1. The van der Waals surface area contributed by atoms with Gasteiger partial charge in [0.15, 0.2) is 0 Å². The molecule has 1 aliphatic heterocycles. The van der Waals surface area contributed by atoms with Crippen LogP contribution in [0.15, 0.2) is 24.3 Å². The summed E-state index contributed by atoms with van der Waals surface area (Å²) in [5, 5.41) is 16.2. The predicted molar refractivity (Wildman–Crippen MR) is 102 cm³/mol. The van der Waals surface area contributed by atoms with Crippen LogP contribution in [0.25, 0.3) is 0 Å². The van der Waals surface area contributed by atoms with Crippen LogP contribution >= 0.6 is 11.6 Å². The Kier molecular flexibility index (Phi) is 5.33. The Balaban J connectivity index is 1.79. The van der Waals surface area contributed by atoms with Crippen LogP contribution in [0.4, 0.5) is 11.5 Å². The zero-order chi connectivity index (χ0) is 19.7. The summed E-state index contributed by atoms with van der Waals surface area (Å²) in [5.74, 6) is 0.0485. The smallest absolute Gasteiger partial charge is 0.333 e. The second kappa shape index (κ2) is 7.53. The fourth-order valence-electron chi connectivity index (χ4n) is 3.60. The van der Waals surface area contributed by atoms with E-state index in [1.165, 1.54) is 4.68 Å². The zero-order valence-electron chi connectivity index (χ0n) is 15.1. The van der Waals surface area contributed by atoms with Gasteiger partial charge in [-0.2, -0.15) is 5.10 Å². The Morgan fingerprint density at radius 3 is 2.37 bits per heavy atom. The number of nitrogens with zero attached hydrogens (tertiary/aromatic N) is 5. The van der Waals surface area contributed by atoms with Crippen molar-refractivity contribution in [2.75, 3.05) is 31.1 Å². The molecule has 2 aromatic rings. The summed E-state index contributed by atoms with van der Waals surface area (Å²) in [6.07, 6.45) is 0. The third-order valence-corrected chi connectivity index (χ3v) is 5.03. The number of rotatable bonds is 5. The number of nitro groups is 1. The van der Waals surface area contributed by atoms with E-state index in [2.05, 4.69) is 5.10 Å². The standard InChI is InChI=1S/C17H21ClN6O3/c1-11-14(24(26)27)17(21(2)20-11)23-9-7-22(8-10-23)15(16(19)25)12-3-5-13(18)6-4-12/h3-6,15H,7-10H2,1-2H3,(H2,19,25)/t15-/m0/s1. The summed E-state index contributed by atoms with van der Waals surface area (Å²) in [6, 6.07) is 6.47. The summed E-state index contributed by atoms with van der Waals surface area (Å²) in [5.41, 5.74) is 6.83. The quantitative estimate of drug-likeness (QED) is 0.611. The van der Waals surface area contributed by atoms with Crippen LogP contribution in [0.3, 0.4) is 0 Å². The van der Waals surface area contributed by atoms with Gasteiger partial charge in [-0.25, -0.2) is 4.68 Å². The van der Waals surface area contributed by atoms with E-state index >= 15 is 0 Å². The Morgan fingerprint density at radius 1 is 1.26 bits per heavy atom. The maximum atomic E-state index is 12.1. The number of nitrogens with two attached hydrogens (primary N) is 1. The van der Waals surface area contributed by atoms with E-state index in [4.69, 9.17) is 17.3 Å². The minimum Gasteiger partial charge on any atom is -0.368 e. The number of halogens is 1. The van der Waals surface area contributed by atoms with E-state index in [0.717, 1.165) is 5.56 Å². The van der Waals surface area contributed by atoms with Crippen LogP contribution in [0, 0.1) is 17.0 Å². The first-order valence-electron chi connectivity index (χ1n) is 8.51. The highest BCUT2D eigenvalue weighted by Crippen LogP contribution is 2.32. The van der Waals surface area contributed by atoms with Crippen LogP contribution in [0.5, 0.6) is 0 Å². The molecule has 1 aromatic carbocycles. The molecule has 1 amide bonds. The molecule has 0 saturated carbocycles. The summed E-state index contributed by atoms with van der Waals surface area (Å²) in [6.45, 7) is 3.76. The van der Waals surface area contributed by atoms with Crippen LogP contribution in [-0.4, -0.2) is 51.7 Å². The van der Waals surface area contributed by atoms with Crippen molar-refractivity contribution in [3.05, 3.63) is 50.7 Å². The van der Waals surface area contributed by atoms with E-state index in [0.29, 0.717) is 42.7 Å². The number of carbonyl (C=O) groups is 1. The van der Waals surface area contributed by atoms with Crippen molar-refractivity contribution < 1.29 is 9.72 Å². The second-order valence-corrected chi connectivity index (χ2v) is 6.95. The first kappa shape index (κ1) is 19.1. The number of primary amides is 1. The molecular formula is C17H21ClN6O3. The van der Waals surface area contributed by atoms with Gasteiger partial charge in [-0.3, -0.25) is 19.8 Å². The molecule has 3 rings (SSSR count). The molecule has 9 nitrogen and oxygen atoms in total. The molecule has 10 heteroatoms. The highest BCUT2D eigenvalue weighted by atomic mass is 35.5. The van der Waals surface area contributed by atoms with Crippen LogP contribution in [0.2, 0.25) is 5.02 Å². The van der Waals surface area contributed by atoms with E-state index in [9.17, 15) is 14.9 Å². The van der Waals surface area contributed by atoms with Gasteiger partial charge in [0, 0.05) is 38.2 Å². The summed E-state index contributed by atoms with van der Waals surface area (Å²) < 4.78 is 1.54. The number of hydrogen-bond donors (Lipinski definition) is 1. The van der Waals surface area contributed by atoms with Gasteiger partial charge in [-0.1, -0.05) is 23.7 Å². The van der Waals surface area contributed by atoms with Crippen molar-refractivity contribution in [1.82, 2.24) is 14.7 Å². The van der Waals surface area contributed by atoms with E-state index < -0.39 is 16.9 Å². The Morgan fingerprint density at radius 2 is 1.85 bits per heavy atom. The van der Waals surface area contributed by atoms with Crippen molar-refractivity contribution in [1.29, 1.82) is 0 Å². The van der Waals surface area contributed by atoms with E-state index in [-0.39, 0.29) is 5.69 Å². The molecule has 0 aliphatic carbocycles. The Hall–Kier alpha value is -2.65. The van der Waals surface area contributed by atoms with Crippen molar-refractivity contribution in [2.45, 2.75) is 13.0 Å². The fourth-order valence-corrected chi connectivity index (χ4v) is 3.72.